The zero-order valence-electron chi connectivity index (χ0n) is 12.7. The Morgan fingerprint density at radius 2 is 1.83 bits per heavy atom. The van der Waals surface area contributed by atoms with Crippen molar-refractivity contribution in [2.75, 3.05) is 11.9 Å². The van der Waals surface area contributed by atoms with Crippen LogP contribution in [0.2, 0.25) is 0 Å². The molecule has 0 saturated carbocycles. The van der Waals surface area contributed by atoms with Gasteiger partial charge in [0.05, 0.1) is 24.3 Å². The fourth-order valence-electron chi connectivity index (χ4n) is 2.35. The second-order valence-corrected chi connectivity index (χ2v) is 5.09. The highest BCUT2D eigenvalue weighted by Gasteiger charge is 2.18. The van der Waals surface area contributed by atoms with Crippen LogP contribution in [0.25, 0.3) is 22.4 Å². The van der Waals surface area contributed by atoms with E-state index in [2.05, 4.69) is 20.5 Å². The molecular formula is C17H15FN4O2. The molecule has 0 spiro atoms. The molecule has 0 bridgehead atoms. The van der Waals surface area contributed by atoms with E-state index < -0.39 is 0 Å². The molecular weight excluding hydrogens is 311 g/mol. The van der Waals surface area contributed by atoms with Gasteiger partial charge in [-0.3, -0.25) is 14.9 Å². The number of carbonyl (C=O) groups is 1. The zero-order chi connectivity index (χ0) is 16.9. The molecule has 24 heavy (non-hydrogen) atoms. The minimum Gasteiger partial charge on any atom is -0.396 e. The number of pyridine rings is 1. The van der Waals surface area contributed by atoms with Crippen molar-refractivity contribution < 1.29 is 14.3 Å². The fourth-order valence-corrected chi connectivity index (χ4v) is 2.35. The van der Waals surface area contributed by atoms with E-state index in [0.717, 1.165) is 11.1 Å². The summed E-state index contributed by atoms with van der Waals surface area (Å²) in [6.07, 6.45) is 3.25. The first kappa shape index (κ1) is 15.8. The SMILES string of the molecule is O=C(CCO)Nc1n[nH]c(-c2ccc(F)cc2)c1-c1ccncc1. The van der Waals surface area contributed by atoms with Gasteiger partial charge in [0.25, 0.3) is 0 Å². The van der Waals surface area contributed by atoms with Gasteiger partial charge in [0.1, 0.15) is 5.82 Å². The lowest BCUT2D eigenvalue weighted by Gasteiger charge is -2.07. The van der Waals surface area contributed by atoms with Crippen LogP contribution in [0.5, 0.6) is 0 Å². The molecule has 122 valence electrons. The lowest BCUT2D eigenvalue weighted by atomic mass is 10.0. The van der Waals surface area contributed by atoms with E-state index in [9.17, 15) is 9.18 Å². The first-order chi connectivity index (χ1) is 11.7. The average molecular weight is 326 g/mol. The number of anilines is 1. The van der Waals surface area contributed by atoms with Crippen LogP contribution in [0, 0.1) is 5.82 Å². The van der Waals surface area contributed by atoms with Crippen LogP contribution >= 0.6 is 0 Å². The Hall–Kier alpha value is -3.06. The first-order valence-electron chi connectivity index (χ1n) is 7.34. The third-order valence-corrected chi connectivity index (χ3v) is 3.46. The van der Waals surface area contributed by atoms with Crippen molar-refractivity contribution in [1.82, 2.24) is 15.2 Å². The molecule has 0 aliphatic rings. The molecule has 1 amide bonds. The van der Waals surface area contributed by atoms with Gasteiger partial charge in [-0.05, 0) is 42.0 Å². The zero-order valence-corrected chi connectivity index (χ0v) is 12.7. The fraction of sp³-hybridized carbons (Fsp3) is 0.118. The standard InChI is InChI=1S/C17H15FN4O2/c18-13-3-1-12(2-4-13)16-15(11-5-8-19-9-6-11)17(22-21-16)20-14(24)7-10-23/h1-6,8-9,23H,7,10H2,(H2,20,21,22,24). The Balaban J connectivity index is 2.08. The average Bonchev–Trinajstić information content (AvgIpc) is 3.00. The summed E-state index contributed by atoms with van der Waals surface area (Å²) in [4.78, 5) is 15.8. The molecule has 3 rings (SSSR count). The summed E-state index contributed by atoms with van der Waals surface area (Å²) in [6.45, 7) is -0.244. The molecule has 0 atom stereocenters. The van der Waals surface area contributed by atoms with Crippen LogP contribution in [-0.2, 0) is 4.79 Å². The Labute approximate surface area is 137 Å². The number of nitrogens with one attached hydrogen (secondary N) is 2. The highest BCUT2D eigenvalue weighted by Crippen LogP contribution is 2.35. The molecule has 0 aliphatic carbocycles. The van der Waals surface area contributed by atoms with Crippen LogP contribution in [0.1, 0.15) is 6.42 Å². The van der Waals surface area contributed by atoms with Gasteiger partial charge in [0, 0.05) is 18.0 Å². The topological polar surface area (TPSA) is 90.9 Å². The molecule has 2 heterocycles. The maximum Gasteiger partial charge on any atom is 0.227 e. The molecule has 1 aromatic carbocycles. The summed E-state index contributed by atoms with van der Waals surface area (Å²) in [5.74, 6) is -0.330. The van der Waals surface area contributed by atoms with Crippen LogP contribution in [0.3, 0.4) is 0 Å². The normalized spacial score (nSPS) is 10.6. The maximum atomic E-state index is 13.2. The van der Waals surface area contributed by atoms with Gasteiger partial charge >= 0.3 is 0 Å². The van der Waals surface area contributed by atoms with Gasteiger partial charge in [-0.15, -0.1) is 0 Å². The molecule has 3 aromatic rings. The van der Waals surface area contributed by atoms with Crippen molar-refractivity contribution in [3.8, 4) is 22.4 Å². The highest BCUT2D eigenvalue weighted by atomic mass is 19.1. The second kappa shape index (κ2) is 7.01. The van der Waals surface area contributed by atoms with E-state index >= 15 is 0 Å². The van der Waals surface area contributed by atoms with Crippen LogP contribution in [-0.4, -0.2) is 32.8 Å². The number of halogens is 1. The monoisotopic (exact) mass is 326 g/mol. The van der Waals surface area contributed by atoms with E-state index in [4.69, 9.17) is 5.11 Å². The van der Waals surface area contributed by atoms with Crippen LogP contribution in [0.15, 0.2) is 48.8 Å². The minimum absolute atomic E-state index is 0.0193. The first-order valence-corrected chi connectivity index (χ1v) is 7.34. The summed E-state index contributed by atoms with van der Waals surface area (Å²) < 4.78 is 13.2. The van der Waals surface area contributed by atoms with Crippen molar-refractivity contribution in [2.24, 2.45) is 0 Å². The van der Waals surface area contributed by atoms with Gasteiger partial charge in [0.2, 0.25) is 5.91 Å². The van der Waals surface area contributed by atoms with Gasteiger partial charge < -0.3 is 10.4 Å². The molecule has 0 unspecified atom stereocenters. The smallest absolute Gasteiger partial charge is 0.227 e. The molecule has 6 nitrogen and oxygen atoms in total. The number of aliphatic hydroxyl groups excluding tert-OH is 1. The van der Waals surface area contributed by atoms with Crippen LogP contribution < -0.4 is 5.32 Å². The summed E-state index contributed by atoms with van der Waals surface area (Å²) >= 11 is 0. The Morgan fingerprint density at radius 3 is 2.50 bits per heavy atom. The van der Waals surface area contributed by atoms with E-state index in [1.165, 1.54) is 12.1 Å². The number of rotatable bonds is 5. The summed E-state index contributed by atoms with van der Waals surface area (Å²) in [7, 11) is 0. The van der Waals surface area contributed by atoms with Gasteiger partial charge in [-0.2, -0.15) is 5.10 Å². The summed E-state index contributed by atoms with van der Waals surface area (Å²) in [5.41, 5.74) is 2.87. The quantitative estimate of drug-likeness (QED) is 0.672. The third-order valence-electron chi connectivity index (χ3n) is 3.46. The number of hydrogen-bond acceptors (Lipinski definition) is 4. The van der Waals surface area contributed by atoms with Crippen molar-refractivity contribution in [3.05, 3.63) is 54.6 Å². The second-order valence-electron chi connectivity index (χ2n) is 5.09. The van der Waals surface area contributed by atoms with Gasteiger partial charge in [0.15, 0.2) is 5.82 Å². The van der Waals surface area contributed by atoms with Gasteiger partial charge in [-0.1, -0.05) is 0 Å². The third kappa shape index (κ3) is 3.31. The Kier molecular flexibility index (Phi) is 4.62. The maximum absolute atomic E-state index is 13.2. The molecule has 0 saturated heterocycles. The van der Waals surface area contributed by atoms with E-state index in [-0.39, 0.29) is 24.8 Å². The largest absolute Gasteiger partial charge is 0.396 e. The van der Waals surface area contributed by atoms with E-state index in [0.29, 0.717) is 17.1 Å². The summed E-state index contributed by atoms with van der Waals surface area (Å²) in [6, 6.07) is 9.56. The number of aromatic nitrogens is 3. The van der Waals surface area contributed by atoms with Crippen molar-refractivity contribution in [1.29, 1.82) is 0 Å². The Morgan fingerprint density at radius 1 is 1.12 bits per heavy atom. The van der Waals surface area contributed by atoms with E-state index in [1.807, 2.05) is 0 Å². The highest BCUT2D eigenvalue weighted by molar-refractivity contribution is 5.97. The number of carbonyl (C=O) groups excluding carboxylic acids is 1. The number of hydrogen-bond donors (Lipinski definition) is 3. The molecule has 2 aromatic heterocycles. The number of nitrogens with zero attached hydrogens (tertiary/aromatic N) is 2. The summed E-state index contributed by atoms with van der Waals surface area (Å²) in [5, 5.41) is 18.6. The van der Waals surface area contributed by atoms with Crippen LogP contribution in [0.4, 0.5) is 10.2 Å². The lowest BCUT2D eigenvalue weighted by Crippen LogP contribution is -2.13. The van der Waals surface area contributed by atoms with Crippen molar-refractivity contribution >= 4 is 11.7 Å². The molecule has 7 heteroatoms. The van der Waals surface area contributed by atoms with E-state index in [1.54, 1.807) is 36.7 Å². The number of benzene rings is 1. The predicted molar refractivity (Wildman–Crippen MR) is 87.5 cm³/mol. The number of aromatic amines is 1. The molecule has 0 fully saturated rings. The van der Waals surface area contributed by atoms with Crippen molar-refractivity contribution in [3.63, 3.8) is 0 Å². The number of H-pyrrole nitrogens is 1. The number of amides is 1. The van der Waals surface area contributed by atoms with Crippen molar-refractivity contribution in [2.45, 2.75) is 6.42 Å². The lowest BCUT2D eigenvalue weighted by molar-refractivity contribution is -0.116. The predicted octanol–water partition coefficient (Wildman–Crippen LogP) is 2.60. The molecule has 0 aliphatic heterocycles. The molecule has 0 radical (unpaired) electrons. The Bertz CT molecular complexity index is 832. The van der Waals surface area contributed by atoms with Gasteiger partial charge in [-0.25, -0.2) is 4.39 Å². The molecule has 3 N–H and O–H groups in total. The number of aliphatic hydroxyl groups is 1. The minimum atomic E-state index is -0.343.